The molecule has 0 atom stereocenters. The highest BCUT2D eigenvalue weighted by Crippen LogP contribution is 2.51. The third-order valence-corrected chi connectivity index (χ3v) is 11.6. The Morgan fingerprint density at radius 1 is 0.400 bits per heavy atom. The first-order chi connectivity index (χ1) is 26.8. The van der Waals surface area contributed by atoms with Crippen LogP contribution < -0.4 is 4.90 Å². The Bertz CT molecular complexity index is 2840. The van der Waals surface area contributed by atoms with Gasteiger partial charge in [-0.05, 0) is 125 Å². The van der Waals surface area contributed by atoms with Crippen LogP contribution in [-0.2, 0) is 5.41 Å². The molecule has 10 rings (SSSR count). The van der Waals surface area contributed by atoms with Crippen molar-refractivity contribution in [1.82, 2.24) is 4.57 Å². The minimum Gasteiger partial charge on any atom is -0.310 e. The molecular formula is C53H42N2. The van der Waals surface area contributed by atoms with E-state index in [1.165, 1.54) is 83.1 Å². The summed E-state index contributed by atoms with van der Waals surface area (Å²) in [5.41, 5.74) is 19.7. The molecule has 264 valence electrons. The molecule has 0 bridgehead atoms. The fourth-order valence-corrected chi connectivity index (χ4v) is 9.04. The van der Waals surface area contributed by atoms with Gasteiger partial charge in [0.15, 0.2) is 0 Å². The number of nitrogens with zero attached hydrogens (tertiary/aromatic N) is 2. The van der Waals surface area contributed by atoms with Gasteiger partial charge >= 0.3 is 0 Å². The molecule has 2 nitrogen and oxygen atoms in total. The Kier molecular flexibility index (Phi) is 7.64. The molecule has 55 heavy (non-hydrogen) atoms. The predicted octanol–water partition coefficient (Wildman–Crippen LogP) is 14.5. The van der Waals surface area contributed by atoms with Gasteiger partial charge in [0, 0.05) is 38.9 Å². The molecule has 0 saturated heterocycles. The molecule has 1 aliphatic rings. The topological polar surface area (TPSA) is 8.17 Å². The highest BCUT2D eigenvalue weighted by Gasteiger charge is 2.36. The third kappa shape index (κ3) is 5.48. The van der Waals surface area contributed by atoms with E-state index in [1.807, 2.05) is 0 Å². The lowest BCUT2D eigenvalue weighted by atomic mass is 9.82. The van der Waals surface area contributed by atoms with Gasteiger partial charge in [0.25, 0.3) is 0 Å². The number of para-hydroxylation sites is 3. The largest absolute Gasteiger partial charge is 0.310 e. The molecule has 0 fully saturated rings. The lowest BCUT2D eigenvalue weighted by molar-refractivity contribution is 0.660. The predicted molar refractivity (Wildman–Crippen MR) is 233 cm³/mol. The van der Waals surface area contributed by atoms with Crippen molar-refractivity contribution in [3.8, 4) is 39.1 Å². The minimum absolute atomic E-state index is 0.192. The Morgan fingerprint density at radius 2 is 0.945 bits per heavy atom. The minimum atomic E-state index is -0.192. The number of benzene rings is 8. The molecule has 0 N–H and O–H groups in total. The summed E-state index contributed by atoms with van der Waals surface area (Å²) in [6, 6.07) is 67.1. The Morgan fingerprint density at radius 3 is 1.62 bits per heavy atom. The van der Waals surface area contributed by atoms with Gasteiger partial charge in [-0.25, -0.2) is 0 Å². The molecule has 0 amide bonds. The van der Waals surface area contributed by atoms with Crippen molar-refractivity contribution in [1.29, 1.82) is 0 Å². The number of hydrogen-bond acceptors (Lipinski definition) is 1. The van der Waals surface area contributed by atoms with Crippen molar-refractivity contribution in [3.63, 3.8) is 0 Å². The molecule has 1 aromatic heterocycles. The quantitative estimate of drug-likeness (QED) is 0.167. The highest BCUT2D eigenvalue weighted by atomic mass is 15.1. The molecule has 0 aliphatic heterocycles. The van der Waals surface area contributed by atoms with Gasteiger partial charge in [-0.15, -0.1) is 0 Å². The summed E-state index contributed by atoms with van der Waals surface area (Å²) in [5, 5.41) is 2.57. The van der Waals surface area contributed by atoms with Crippen LogP contribution in [0, 0.1) is 13.8 Å². The van der Waals surface area contributed by atoms with Crippen molar-refractivity contribution < 1.29 is 0 Å². The first-order valence-corrected chi connectivity index (χ1v) is 19.3. The van der Waals surface area contributed by atoms with Crippen LogP contribution in [0.2, 0.25) is 0 Å². The van der Waals surface area contributed by atoms with Crippen LogP contribution in [0.25, 0.3) is 60.9 Å². The van der Waals surface area contributed by atoms with Gasteiger partial charge in [-0.3, -0.25) is 0 Å². The molecule has 0 radical (unpaired) electrons. The van der Waals surface area contributed by atoms with Crippen LogP contribution in [0.3, 0.4) is 0 Å². The van der Waals surface area contributed by atoms with E-state index in [2.05, 4.69) is 219 Å². The molecule has 9 aromatic rings. The molecule has 8 aromatic carbocycles. The highest BCUT2D eigenvalue weighted by molar-refractivity contribution is 6.09. The van der Waals surface area contributed by atoms with Gasteiger partial charge in [-0.1, -0.05) is 140 Å². The fourth-order valence-electron chi connectivity index (χ4n) is 9.04. The summed E-state index contributed by atoms with van der Waals surface area (Å²) >= 11 is 0. The molecule has 2 heteroatoms. The summed E-state index contributed by atoms with van der Waals surface area (Å²) in [4.78, 5) is 2.39. The van der Waals surface area contributed by atoms with E-state index in [9.17, 15) is 0 Å². The van der Waals surface area contributed by atoms with Gasteiger partial charge in [-0.2, -0.15) is 0 Å². The van der Waals surface area contributed by atoms with E-state index in [4.69, 9.17) is 0 Å². The fraction of sp³-hybridized carbons (Fsp3) is 0.0943. The van der Waals surface area contributed by atoms with E-state index in [0.717, 1.165) is 17.1 Å². The van der Waals surface area contributed by atoms with Crippen LogP contribution >= 0.6 is 0 Å². The standard InChI is InChI=1S/C53H42N2/c1-35-29-36(2)31-40(30-35)39-14-12-13-38(32-39)37-21-23-42(24-22-37)54(41-15-6-5-7-16-41)43-25-27-45-46-28-26-44(34-50(46)53(3,4)49(45)33-43)55-51-19-10-8-17-47(51)48-18-9-11-20-52(48)55/h5-34H,1-4H3. The maximum atomic E-state index is 2.43. The van der Waals surface area contributed by atoms with Crippen LogP contribution in [-0.4, -0.2) is 4.57 Å². The van der Waals surface area contributed by atoms with Crippen LogP contribution in [0.5, 0.6) is 0 Å². The molecule has 1 aliphatic carbocycles. The Balaban J connectivity index is 1.03. The van der Waals surface area contributed by atoms with Crippen LogP contribution in [0.1, 0.15) is 36.1 Å². The lowest BCUT2D eigenvalue weighted by Crippen LogP contribution is -2.17. The molecular weight excluding hydrogens is 665 g/mol. The van der Waals surface area contributed by atoms with Crippen LogP contribution in [0.4, 0.5) is 17.1 Å². The third-order valence-electron chi connectivity index (χ3n) is 11.6. The molecule has 0 spiro atoms. The zero-order valence-corrected chi connectivity index (χ0v) is 31.7. The van der Waals surface area contributed by atoms with E-state index in [0.29, 0.717) is 0 Å². The number of aryl methyl sites for hydroxylation is 2. The van der Waals surface area contributed by atoms with Gasteiger partial charge in [0.05, 0.1) is 11.0 Å². The number of rotatable bonds is 6. The number of aromatic nitrogens is 1. The van der Waals surface area contributed by atoms with Crippen LogP contribution in [0.15, 0.2) is 182 Å². The maximum absolute atomic E-state index is 2.43. The summed E-state index contributed by atoms with van der Waals surface area (Å²) in [7, 11) is 0. The summed E-state index contributed by atoms with van der Waals surface area (Å²) in [6.07, 6.45) is 0. The van der Waals surface area contributed by atoms with E-state index in [1.54, 1.807) is 0 Å². The number of anilines is 3. The second-order valence-corrected chi connectivity index (χ2v) is 15.6. The van der Waals surface area contributed by atoms with Gasteiger partial charge in [0.2, 0.25) is 0 Å². The Labute approximate surface area is 323 Å². The SMILES string of the molecule is Cc1cc(C)cc(-c2cccc(-c3ccc(N(c4ccccc4)c4ccc5c(c4)C(C)(C)c4cc(-n6c7ccccc7c7ccccc76)ccc4-5)cc3)c2)c1. The maximum Gasteiger partial charge on any atom is 0.0541 e. The molecule has 1 heterocycles. The van der Waals surface area contributed by atoms with E-state index in [-0.39, 0.29) is 5.41 Å². The lowest BCUT2D eigenvalue weighted by Gasteiger charge is -2.28. The van der Waals surface area contributed by atoms with E-state index >= 15 is 0 Å². The zero-order valence-electron chi connectivity index (χ0n) is 31.7. The summed E-state index contributed by atoms with van der Waals surface area (Å²) < 4.78 is 2.43. The normalized spacial score (nSPS) is 12.9. The second kappa shape index (κ2) is 12.7. The van der Waals surface area contributed by atoms with Gasteiger partial charge < -0.3 is 9.47 Å². The summed E-state index contributed by atoms with van der Waals surface area (Å²) in [6.45, 7) is 9.10. The summed E-state index contributed by atoms with van der Waals surface area (Å²) in [5.74, 6) is 0. The van der Waals surface area contributed by atoms with Crippen molar-refractivity contribution in [3.05, 3.63) is 204 Å². The first kappa shape index (κ1) is 33.0. The van der Waals surface area contributed by atoms with Crippen molar-refractivity contribution in [2.75, 3.05) is 4.90 Å². The van der Waals surface area contributed by atoms with Crippen molar-refractivity contribution in [2.45, 2.75) is 33.1 Å². The van der Waals surface area contributed by atoms with Crippen molar-refractivity contribution >= 4 is 38.9 Å². The first-order valence-electron chi connectivity index (χ1n) is 19.3. The molecule has 0 saturated carbocycles. The number of hydrogen-bond donors (Lipinski definition) is 0. The monoisotopic (exact) mass is 706 g/mol. The number of fused-ring (bicyclic) bond motifs is 6. The average Bonchev–Trinajstić information content (AvgIpc) is 3.66. The van der Waals surface area contributed by atoms with Gasteiger partial charge in [0.1, 0.15) is 0 Å². The molecule has 0 unspecified atom stereocenters. The smallest absolute Gasteiger partial charge is 0.0541 e. The van der Waals surface area contributed by atoms with E-state index < -0.39 is 0 Å². The Hall–Kier alpha value is -6.64. The second-order valence-electron chi connectivity index (χ2n) is 15.6. The zero-order chi connectivity index (χ0) is 37.3. The average molecular weight is 707 g/mol. The van der Waals surface area contributed by atoms with Crippen molar-refractivity contribution in [2.24, 2.45) is 0 Å².